The van der Waals surface area contributed by atoms with E-state index in [9.17, 15) is 9.59 Å². The molecule has 0 aromatic heterocycles. The molecule has 94 valence electrons. The van der Waals surface area contributed by atoms with Crippen molar-refractivity contribution in [2.24, 2.45) is 5.92 Å². The normalized spacial score (nSPS) is 14.2. The van der Waals surface area contributed by atoms with Crippen molar-refractivity contribution in [1.29, 1.82) is 0 Å². The van der Waals surface area contributed by atoms with Crippen LogP contribution in [0.15, 0.2) is 0 Å². The molecule has 0 heterocycles. The van der Waals surface area contributed by atoms with Crippen molar-refractivity contribution < 1.29 is 14.7 Å². The van der Waals surface area contributed by atoms with E-state index in [1.54, 1.807) is 0 Å². The lowest BCUT2D eigenvalue weighted by atomic mass is 9.99. The molecular weight excluding hydrogens is 208 g/mol. The number of carbonyl (C=O) groups excluding carboxylic acids is 1. The third kappa shape index (κ3) is 5.70. The lowest BCUT2D eigenvalue weighted by Crippen LogP contribution is -2.45. The zero-order valence-corrected chi connectivity index (χ0v) is 10.2. The number of aliphatic carboxylic acids is 1. The maximum atomic E-state index is 11.5. The molecule has 0 bridgehead atoms. The fourth-order valence-electron chi connectivity index (χ4n) is 1.35. The van der Waals surface area contributed by atoms with E-state index in [-0.39, 0.29) is 11.8 Å². The molecule has 1 unspecified atom stereocenters. The first-order valence-corrected chi connectivity index (χ1v) is 5.69. The van der Waals surface area contributed by atoms with Gasteiger partial charge in [-0.2, -0.15) is 0 Å². The second kappa shape index (κ2) is 8.10. The highest BCUT2D eigenvalue weighted by atomic mass is 16.4. The van der Waals surface area contributed by atoms with Gasteiger partial charge in [-0.25, -0.2) is 4.79 Å². The lowest BCUT2D eigenvalue weighted by Gasteiger charge is -2.20. The van der Waals surface area contributed by atoms with Gasteiger partial charge in [0, 0.05) is 6.42 Å². The smallest absolute Gasteiger partial charge is 0.326 e. The summed E-state index contributed by atoms with van der Waals surface area (Å²) in [5, 5.41) is 14.5. The predicted octanol–water partition coefficient (Wildman–Crippen LogP) is 0.602. The van der Waals surface area contributed by atoms with Crippen molar-refractivity contribution >= 4 is 11.9 Å². The van der Waals surface area contributed by atoms with Gasteiger partial charge in [-0.1, -0.05) is 20.3 Å². The highest BCUT2D eigenvalue weighted by Crippen LogP contribution is 2.08. The molecular formula is C11H22N2O3. The number of nitrogens with one attached hydrogen (secondary N) is 2. The van der Waals surface area contributed by atoms with E-state index >= 15 is 0 Å². The van der Waals surface area contributed by atoms with Gasteiger partial charge in [-0.3, -0.25) is 4.79 Å². The Hall–Kier alpha value is -1.10. The Bertz CT molecular complexity index is 231. The molecule has 0 saturated heterocycles. The van der Waals surface area contributed by atoms with E-state index in [0.717, 1.165) is 19.4 Å². The van der Waals surface area contributed by atoms with Crippen LogP contribution in [0, 0.1) is 5.92 Å². The number of rotatable bonds is 8. The molecule has 0 aliphatic carbocycles. The number of carboxylic acids is 1. The Morgan fingerprint density at radius 1 is 1.38 bits per heavy atom. The van der Waals surface area contributed by atoms with Crippen molar-refractivity contribution in [3.63, 3.8) is 0 Å². The number of carboxylic acid groups (broad SMARTS) is 1. The molecule has 0 aromatic rings. The van der Waals surface area contributed by atoms with Gasteiger partial charge in [-0.05, 0) is 25.9 Å². The van der Waals surface area contributed by atoms with Crippen molar-refractivity contribution in [1.82, 2.24) is 10.6 Å². The van der Waals surface area contributed by atoms with Crippen LogP contribution < -0.4 is 10.6 Å². The summed E-state index contributed by atoms with van der Waals surface area (Å²) in [4.78, 5) is 22.4. The molecule has 2 atom stereocenters. The van der Waals surface area contributed by atoms with Crippen LogP contribution in [0.2, 0.25) is 0 Å². The summed E-state index contributed by atoms with van der Waals surface area (Å²) < 4.78 is 0. The minimum Gasteiger partial charge on any atom is -0.480 e. The third-order valence-corrected chi connectivity index (χ3v) is 2.63. The SMILES string of the molecule is CCC(C)[C@H](NC(=O)CCCNC)C(=O)O. The molecule has 0 aliphatic heterocycles. The van der Waals surface area contributed by atoms with Gasteiger partial charge in [0.1, 0.15) is 6.04 Å². The first-order valence-electron chi connectivity index (χ1n) is 5.69. The first kappa shape index (κ1) is 14.9. The maximum absolute atomic E-state index is 11.5. The minimum absolute atomic E-state index is 0.0502. The Morgan fingerprint density at radius 3 is 2.44 bits per heavy atom. The standard InChI is InChI=1S/C11H22N2O3/c1-4-8(2)10(11(15)16)13-9(14)6-5-7-12-3/h8,10,12H,4-7H2,1-3H3,(H,13,14)(H,15,16)/t8?,10-/m0/s1. The van der Waals surface area contributed by atoms with E-state index in [0.29, 0.717) is 6.42 Å². The van der Waals surface area contributed by atoms with Crippen LogP contribution in [0.1, 0.15) is 33.1 Å². The monoisotopic (exact) mass is 230 g/mol. The summed E-state index contributed by atoms with van der Waals surface area (Å²) in [5.41, 5.74) is 0. The van der Waals surface area contributed by atoms with Crippen LogP contribution in [0.3, 0.4) is 0 Å². The number of carbonyl (C=O) groups is 2. The molecule has 16 heavy (non-hydrogen) atoms. The largest absolute Gasteiger partial charge is 0.480 e. The third-order valence-electron chi connectivity index (χ3n) is 2.63. The number of amides is 1. The summed E-state index contributed by atoms with van der Waals surface area (Å²) in [6, 6.07) is -0.771. The van der Waals surface area contributed by atoms with Crippen LogP contribution in [0.4, 0.5) is 0 Å². The van der Waals surface area contributed by atoms with Gasteiger partial charge in [0.15, 0.2) is 0 Å². The van der Waals surface area contributed by atoms with Gasteiger partial charge in [0.25, 0.3) is 0 Å². The molecule has 5 heteroatoms. The second-order valence-corrected chi connectivity index (χ2v) is 3.98. The Labute approximate surface area is 96.6 Å². The lowest BCUT2D eigenvalue weighted by molar-refractivity contribution is -0.143. The van der Waals surface area contributed by atoms with E-state index in [1.807, 2.05) is 20.9 Å². The Morgan fingerprint density at radius 2 is 2.00 bits per heavy atom. The van der Waals surface area contributed by atoms with Crippen molar-refractivity contribution in [2.45, 2.75) is 39.2 Å². The zero-order valence-electron chi connectivity index (χ0n) is 10.2. The fourth-order valence-corrected chi connectivity index (χ4v) is 1.35. The first-order chi connectivity index (χ1) is 7.52. The van der Waals surface area contributed by atoms with Crippen molar-refractivity contribution in [3.05, 3.63) is 0 Å². The molecule has 0 fully saturated rings. The van der Waals surface area contributed by atoms with Gasteiger partial charge in [-0.15, -0.1) is 0 Å². The zero-order chi connectivity index (χ0) is 12.6. The van der Waals surface area contributed by atoms with Crippen molar-refractivity contribution in [2.75, 3.05) is 13.6 Å². The maximum Gasteiger partial charge on any atom is 0.326 e. The van der Waals surface area contributed by atoms with Gasteiger partial charge >= 0.3 is 5.97 Å². The van der Waals surface area contributed by atoms with Crippen LogP contribution in [-0.4, -0.2) is 36.6 Å². The van der Waals surface area contributed by atoms with Gasteiger partial charge in [0.2, 0.25) is 5.91 Å². The van der Waals surface area contributed by atoms with Crippen LogP contribution in [0.25, 0.3) is 0 Å². The summed E-state index contributed by atoms with van der Waals surface area (Å²) in [6.07, 6.45) is 1.81. The number of hydrogen-bond donors (Lipinski definition) is 3. The van der Waals surface area contributed by atoms with Crippen LogP contribution >= 0.6 is 0 Å². The predicted molar refractivity (Wildman–Crippen MR) is 62.2 cm³/mol. The van der Waals surface area contributed by atoms with Crippen molar-refractivity contribution in [3.8, 4) is 0 Å². The summed E-state index contributed by atoms with van der Waals surface area (Å²) in [7, 11) is 1.82. The topological polar surface area (TPSA) is 78.4 Å². The number of hydrogen-bond acceptors (Lipinski definition) is 3. The van der Waals surface area contributed by atoms with E-state index in [1.165, 1.54) is 0 Å². The van der Waals surface area contributed by atoms with Crippen LogP contribution in [0.5, 0.6) is 0 Å². The molecule has 0 aliphatic rings. The highest BCUT2D eigenvalue weighted by Gasteiger charge is 2.24. The van der Waals surface area contributed by atoms with E-state index in [2.05, 4.69) is 10.6 Å². The van der Waals surface area contributed by atoms with E-state index < -0.39 is 12.0 Å². The molecule has 1 amide bonds. The molecule has 3 N–H and O–H groups in total. The summed E-state index contributed by atoms with van der Waals surface area (Å²) in [6.45, 7) is 4.49. The molecule has 0 aromatic carbocycles. The molecule has 0 radical (unpaired) electrons. The molecule has 0 spiro atoms. The van der Waals surface area contributed by atoms with Gasteiger partial charge in [0.05, 0.1) is 0 Å². The molecule has 0 rings (SSSR count). The average molecular weight is 230 g/mol. The highest BCUT2D eigenvalue weighted by molar-refractivity contribution is 5.83. The Balaban J connectivity index is 4.09. The van der Waals surface area contributed by atoms with Gasteiger partial charge < -0.3 is 15.7 Å². The molecule has 0 saturated carbocycles. The quantitative estimate of drug-likeness (QED) is 0.534. The summed E-state index contributed by atoms with van der Waals surface area (Å²) in [5.74, 6) is -1.20. The average Bonchev–Trinajstić information content (AvgIpc) is 2.25. The van der Waals surface area contributed by atoms with E-state index in [4.69, 9.17) is 5.11 Å². The summed E-state index contributed by atoms with van der Waals surface area (Å²) >= 11 is 0. The minimum atomic E-state index is -0.962. The second-order valence-electron chi connectivity index (χ2n) is 3.98. The molecule has 5 nitrogen and oxygen atoms in total. The Kier molecular flexibility index (Phi) is 7.54. The van der Waals surface area contributed by atoms with Crippen LogP contribution in [-0.2, 0) is 9.59 Å². The fraction of sp³-hybridized carbons (Fsp3) is 0.818.